The van der Waals surface area contributed by atoms with Gasteiger partial charge in [-0.3, -0.25) is 4.98 Å². The topological polar surface area (TPSA) is 50.9 Å². The Kier molecular flexibility index (Phi) is 6.22. The van der Waals surface area contributed by atoms with Crippen LogP contribution >= 0.6 is 12.2 Å². The number of aromatic nitrogens is 1. The summed E-state index contributed by atoms with van der Waals surface area (Å²) in [6.07, 6.45) is 3.68. The Hall–Kier alpha value is -1.16. The van der Waals surface area contributed by atoms with E-state index in [1.807, 2.05) is 19.9 Å². The molecule has 1 heterocycles. The number of nitrogens with zero attached hydrogens (tertiary/aromatic N) is 1. The third-order valence-electron chi connectivity index (χ3n) is 3.10. The molecule has 0 bridgehead atoms. The fourth-order valence-electron chi connectivity index (χ4n) is 2.18. The minimum absolute atomic E-state index is 0.412. The Balaban J connectivity index is 2.64. The number of nitrogens with two attached hydrogens (primary N) is 1. The van der Waals surface area contributed by atoms with E-state index in [9.17, 15) is 0 Å². The third-order valence-corrected chi connectivity index (χ3v) is 3.30. The van der Waals surface area contributed by atoms with E-state index < -0.39 is 0 Å². The van der Waals surface area contributed by atoms with Crippen LogP contribution in [0, 0.1) is 19.8 Å². The van der Waals surface area contributed by atoms with Crippen LogP contribution in [-0.4, -0.2) is 16.5 Å². The van der Waals surface area contributed by atoms with Gasteiger partial charge in [0.25, 0.3) is 0 Å². The maximum atomic E-state index is 5.79. The molecule has 0 unspecified atom stereocenters. The zero-order valence-electron chi connectivity index (χ0n) is 12.4. The summed E-state index contributed by atoms with van der Waals surface area (Å²) in [7, 11) is 0. The minimum atomic E-state index is 0.412. The van der Waals surface area contributed by atoms with E-state index in [1.165, 1.54) is 12.8 Å². The van der Waals surface area contributed by atoms with Crippen LogP contribution in [0.3, 0.4) is 0 Å². The zero-order chi connectivity index (χ0) is 14.4. The lowest BCUT2D eigenvalue weighted by Crippen LogP contribution is -2.17. The summed E-state index contributed by atoms with van der Waals surface area (Å²) in [5.41, 5.74) is 9.57. The van der Waals surface area contributed by atoms with Gasteiger partial charge in [-0.05, 0) is 32.3 Å². The van der Waals surface area contributed by atoms with Gasteiger partial charge >= 0.3 is 0 Å². The number of hydrogen-bond donors (Lipinski definition) is 2. The molecular formula is C15H25N3S. The molecule has 1 aromatic rings. The van der Waals surface area contributed by atoms with Gasteiger partial charge < -0.3 is 11.1 Å². The van der Waals surface area contributed by atoms with Crippen LogP contribution in [0.1, 0.15) is 50.1 Å². The molecule has 19 heavy (non-hydrogen) atoms. The summed E-state index contributed by atoms with van der Waals surface area (Å²) in [6, 6.07) is 2.02. The summed E-state index contributed by atoms with van der Waals surface area (Å²) in [6.45, 7) is 9.40. The predicted molar refractivity (Wildman–Crippen MR) is 86.8 cm³/mol. The molecule has 0 aliphatic heterocycles. The molecule has 0 aromatic carbocycles. The fraction of sp³-hybridized carbons (Fsp3) is 0.600. The first-order valence-corrected chi connectivity index (χ1v) is 7.34. The zero-order valence-corrected chi connectivity index (χ0v) is 13.2. The Labute approximate surface area is 122 Å². The average Bonchev–Trinajstić information content (AvgIpc) is 2.26. The third kappa shape index (κ3) is 5.15. The molecule has 0 atom stereocenters. The standard InChI is InChI=1S/C15H25N3S/c1-10(2)7-5-6-8-17-13-9-11(3)18-12(4)14(13)15(16)19/h9-10H,5-8H2,1-4H3,(H2,16,19)(H,17,18). The van der Waals surface area contributed by atoms with E-state index in [0.29, 0.717) is 4.99 Å². The number of hydrogen-bond acceptors (Lipinski definition) is 3. The monoisotopic (exact) mass is 279 g/mol. The summed E-state index contributed by atoms with van der Waals surface area (Å²) in [5.74, 6) is 0.776. The van der Waals surface area contributed by atoms with Gasteiger partial charge in [0, 0.05) is 23.6 Å². The maximum Gasteiger partial charge on any atom is 0.107 e. The molecule has 0 spiro atoms. The highest BCUT2D eigenvalue weighted by Gasteiger charge is 2.10. The van der Waals surface area contributed by atoms with Crippen molar-refractivity contribution in [1.29, 1.82) is 0 Å². The number of pyridine rings is 1. The minimum Gasteiger partial charge on any atom is -0.389 e. The molecule has 106 valence electrons. The van der Waals surface area contributed by atoms with Crippen molar-refractivity contribution >= 4 is 22.9 Å². The first-order valence-electron chi connectivity index (χ1n) is 6.93. The second-order valence-electron chi connectivity index (χ2n) is 5.45. The smallest absolute Gasteiger partial charge is 0.107 e. The fourth-order valence-corrected chi connectivity index (χ4v) is 2.44. The van der Waals surface area contributed by atoms with E-state index in [1.54, 1.807) is 0 Å². The van der Waals surface area contributed by atoms with E-state index in [0.717, 1.165) is 41.5 Å². The van der Waals surface area contributed by atoms with E-state index in [-0.39, 0.29) is 0 Å². The van der Waals surface area contributed by atoms with Gasteiger partial charge in [-0.1, -0.05) is 38.9 Å². The lowest BCUT2D eigenvalue weighted by molar-refractivity contribution is 0.545. The SMILES string of the molecule is Cc1cc(NCCCCC(C)C)c(C(N)=S)c(C)n1. The van der Waals surface area contributed by atoms with Crippen molar-refractivity contribution in [1.82, 2.24) is 4.98 Å². The number of thiocarbonyl (C=S) groups is 1. The summed E-state index contributed by atoms with van der Waals surface area (Å²) < 4.78 is 0. The van der Waals surface area contributed by atoms with Gasteiger partial charge in [-0.15, -0.1) is 0 Å². The van der Waals surface area contributed by atoms with E-state index >= 15 is 0 Å². The van der Waals surface area contributed by atoms with Gasteiger partial charge in [-0.25, -0.2) is 0 Å². The summed E-state index contributed by atoms with van der Waals surface area (Å²) in [5, 5.41) is 3.44. The Morgan fingerprint density at radius 2 is 2.05 bits per heavy atom. The molecule has 4 heteroatoms. The molecule has 0 fully saturated rings. The lowest BCUT2D eigenvalue weighted by atomic mass is 10.1. The number of aryl methyl sites for hydroxylation is 2. The maximum absolute atomic E-state index is 5.79. The second kappa shape index (κ2) is 7.43. The van der Waals surface area contributed by atoms with Crippen molar-refractivity contribution in [3.63, 3.8) is 0 Å². The van der Waals surface area contributed by atoms with Crippen molar-refractivity contribution < 1.29 is 0 Å². The van der Waals surface area contributed by atoms with E-state index in [4.69, 9.17) is 18.0 Å². The van der Waals surface area contributed by atoms with Crippen molar-refractivity contribution in [2.24, 2.45) is 11.7 Å². The number of anilines is 1. The van der Waals surface area contributed by atoms with Crippen molar-refractivity contribution in [3.05, 3.63) is 23.0 Å². The lowest BCUT2D eigenvalue weighted by Gasteiger charge is -2.14. The van der Waals surface area contributed by atoms with Crippen LogP contribution < -0.4 is 11.1 Å². The first kappa shape index (κ1) is 15.9. The van der Waals surface area contributed by atoms with Crippen LogP contribution in [0.5, 0.6) is 0 Å². The van der Waals surface area contributed by atoms with Gasteiger partial charge in [-0.2, -0.15) is 0 Å². The van der Waals surface area contributed by atoms with Crippen molar-refractivity contribution in [3.8, 4) is 0 Å². The Bertz CT molecular complexity index is 441. The quantitative estimate of drug-likeness (QED) is 0.592. The molecule has 1 rings (SSSR count). The molecule has 3 N–H and O–H groups in total. The van der Waals surface area contributed by atoms with Crippen LogP contribution in [0.25, 0.3) is 0 Å². The highest BCUT2D eigenvalue weighted by atomic mass is 32.1. The largest absolute Gasteiger partial charge is 0.389 e. The van der Waals surface area contributed by atoms with Gasteiger partial charge in [0.05, 0.1) is 5.56 Å². The molecule has 3 nitrogen and oxygen atoms in total. The van der Waals surface area contributed by atoms with Crippen molar-refractivity contribution in [2.45, 2.75) is 47.0 Å². The highest BCUT2D eigenvalue weighted by molar-refractivity contribution is 7.80. The first-order chi connectivity index (χ1) is 8.91. The summed E-state index contributed by atoms with van der Waals surface area (Å²) >= 11 is 5.11. The van der Waals surface area contributed by atoms with Gasteiger partial charge in [0.1, 0.15) is 4.99 Å². The normalized spacial score (nSPS) is 10.8. The molecular weight excluding hydrogens is 254 g/mol. The summed E-state index contributed by atoms with van der Waals surface area (Å²) in [4.78, 5) is 4.83. The highest BCUT2D eigenvalue weighted by Crippen LogP contribution is 2.20. The van der Waals surface area contributed by atoms with Crippen LogP contribution in [0.4, 0.5) is 5.69 Å². The van der Waals surface area contributed by atoms with Crippen LogP contribution in [-0.2, 0) is 0 Å². The number of nitrogens with one attached hydrogen (secondary N) is 1. The molecule has 0 aliphatic rings. The molecule has 0 saturated heterocycles. The molecule has 0 saturated carbocycles. The molecule has 0 amide bonds. The van der Waals surface area contributed by atoms with Crippen molar-refractivity contribution in [2.75, 3.05) is 11.9 Å². The Morgan fingerprint density at radius 3 is 2.63 bits per heavy atom. The molecule has 0 aliphatic carbocycles. The number of unbranched alkanes of at least 4 members (excludes halogenated alkanes) is 1. The number of rotatable bonds is 7. The molecule has 1 aromatic heterocycles. The van der Waals surface area contributed by atoms with E-state index in [2.05, 4.69) is 24.1 Å². The predicted octanol–water partition coefficient (Wildman–Crippen LogP) is 3.57. The second-order valence-corrected chi connectivity index (χ2v) is 5.89. The van der Waals surface area contributed by atoms with Gasteiger partial charge in [0.15, 0.2) is 0 Å². The van der Waals surface area contributed by atoms with Crippen LogP contribution in [0.15, 0.2) is 6.07 Å². The Morgan fingerprint density at radius 1 is 1.37 bits per heavy atom. The molecule has 0 radical (unpaired) electrons. The van der Waals surface area contributed by atoms with Crippen LogP contribution in [0.2, 0.25) is 0 Å². The van der Waals surface area contributed by atoms with Gasteiger partial charge in [0.2, 0.25) is 0 Å². The average molecular weight is 279 g/mol.